The van der Waals surface area contributed by atoms with E-state index in [2.05, 4.69) is 317 Å². The van der Waals surface area contributed by atoms with E-state index < -0.39 is 6.17 Å². The van der Waals surface area contributed by atoms with Gasteiger partial charge in [-0.25, -0.2) is 20.0 Å². The normalized spacial score (nSPS) is 14.7. The van der Waals surface area contributed by atoms with Crippen molar-refractivity contribution < 1.29 is 8.83 Å². The molecule has 2 aliphatic heterocycles. The Morgan fingerprint density at radius 1 is 0.254 bits per heavy atom. The van der Waals surface area contributed by atoms with Crippen LogP contribution in [0.1, 0.15) is 45.7 Å². The van der Waals surface area contributed by atoms with Gasteiger partial charge in [0.2, 0.25) is 0 Å². The van der Waals surface area contributed by atoms with Crippen LogP contribution in [0.25, 0.3) is 173 Å². The molecule has 12 heteroatoms. The molecule has 114 heavy (non-hydrogen) atoms. The van der Waals surface area contributed by atoms with Crippen LogP contribution >= 0.6 is 22.7 Å². The highest BCUT2D eigenvalue weighted by atomic mass is 32.1. The first-order valence-electron chi connectivity index (χ1n) is 38.4. The van der Waals surface area contributed by atoms with Gasteiger partial charge in [0.25, 0.3) is 0 Å². The Hall–Kier alpha value is -14.6. The van der Waals surface area contributed by atoms with Crippen LogP contribution in [0.3, 0.4) is 0 Å². The standard InChI is InChI=1S/C102H62N8O2S2/c1-4-17-60(18-5-1)97-103-98(61-19-6-2-7-20-61)106-101(105-97)69-40-49-92-82(54-69)77-44-36-68(57-95(77)114-92)66-39-48-90-81(53-66)78-26-16-30-88(96(78)112-90)110-86-29-15-12-25-74(86)79-51-64(37-46-87(79)110)59-31-33-63(34-32-59)100-104-99(62-21-8-3-9-22-62)107-102(108-100)70-41-50-93-83(55-70)76-43-35-67(56-94(76)113-93)65-38-47-89-80(52-65)75-45-42-71(58-91(75)111-89)109-84-27-13-10-23-72(84)73-24-11-14-28-85(73)109/h1-58,101-102H,(H,103,105,106)(H,104,107,108). The van der Waals surface area contributed by atoms with Crippen molar-refractivity contribution in [3.8, 4) is 44.8 Å². The number of hydrogen-bond acceptors (Lipinski definition) is 10. The summed E-state index contributed by atoms with van der Waals surface area (Å²) in [6.45, 7) is 0. The van der Waals surface area contributed by atoms with Crippen molar-refractivity contribution >= 4 is 174 Å². The van der Waals surface area contributed by atoms with Crippen LogP contribution in [0.15, 0.2) is 381 Å². The molecular formula is C102H62N8O2S2. The molecule has 0 saturated heterocycles. The first-order chi connectivity index (χ1) is 56.4. The number of furan rings is 2. The van der Waals surface area contributed by atoms with Crippen LogP contribution in [0.5, 0.6) is 0 Å². The van der Waals surface area contributed by atoms with E-state index in [0.717, 1.165) is 150 Å². The second-order valence-corrected chi connectivity index (χ2v) is 31.8. The second-order valence-electron chi connectivity index (χ2n) is 29.6. The molecule has 6 aromatic heterocycles. The van der Waals surface area contributed by atoms with Gasteiger partial charge in [-0.15, -0.1) is 22.7 Å². The van der Waals surface area contributed by atoms with E-state index in [0.29, 0.717) is 11.7 Å². The Balaban J connectivity index is 0.507. The number of fused-ring (bicyclic) bond motifs is 18. The minimum absolute atomic E-state index is 0.315. The molecule has 22 aromatic rings. The maximum atomic E-state index is 6.97. The van der Waals surface area contributed by atoms with Crippen molar-refractivity contribution in [2.24, 2.45) is 20.0 Å². The molecule has 0 spiro atoms. The topological polar surface area (TPSA) is 110 Å². The number of nitrogens with zero attached hydrogens (tertiary/aromatic N) is 6. The van der Waals surface area contributed by atoms with Crippen molar-refractivity contribution in [3.63, 3.8) is 0 Å². The summed E-state index contributed by atoms with van der Waals surface area (Å²) in [7, 11) is 0. The Morgan fingerprint density at radius 3 is 1.27 bits per heavy atom. The summed E-state index contributed by atoms with van der Waals surface area (Å²) in [5.74, 6) is 2.96. The highest BCUT2D eigenvalue weighted by molar-refractivity contribution is 7.26. The van der Waals surface area contributed by atoms with Crippen LogP contribution in [0.4, 0.5) is 0 Å². The summed E-state index contributed by atoms with van der Waals surface area (Å²) < 4.78 is 23.2. The molecule has 0 aliphatic carbocycles. The maximum absolute atomic E-state index is 6.97. The molecule has 0 radical (unpaired) electrons. The first-order valence-corrected chi connectivity index (χ1v) is 40.1. The van der Waals surface area contributed by atoms with Crippen LogP contribution < -0.4 is 10.6 Å². The van der Waals surface area contributed by atoms with E-state index in [1.807, 2.05) is 77.3 Å². The summed E-state index contributed by atoms with van der Waals surface area (Å²) in [4.78, 5) is 20.8. The average molecular weight is 1500 g/mol. The van der Waals surface area contributed by atoms with Crippen molar-refractivity contribution in [2.45, 2.75) is 12.3 Å². The van der Waals surface area contributed by atoms with Crippen LogP contribution in [0, 0.1) is 0 Å². The molecule has 10 nitrogen and oxygen atoms in total. The molecule has 534 valence electrons. The van der Waals surface area contributed by atoms with Crippen molar-refractivity contribution in [2.75, 3.05) is 0 Å². The number of aromatic nitrogens is 2. The van der Waals surface area contributed by atoms with Gasteiger partial charge in [-0.2, -0.15) is 0 Å². The number of benzene rings is 16. The minimum atomic E-state index is -0.392. The largest absolute Gasteiger partial charge is 0.456 e. The summed E-state index contributed by atoms with van der Waals surface area (Å²) in [5, 5.41) is 21.4. The van der Waals surface area contributed by atoms with Crippen LogP contribution in [-0.4, -0.2) is 32.5 Å². The molecule has 2 aliphatic rings. The smallest absolute Gasteiger partial charge is 0.159 e. The predicted molar refractivity (Wildman–Crippen MR) is 475 cm³/mol. The number of rotatable bonds is 11. The van der Waals surface area contributed by atoms with E-state index >= 15 is 0 Å². The molecule has 2 atom stereocenters. The average Bonchev–Trinajstić information content (AvgIpc) is 1.57. The third-order valence-corrected chi connectivity index (χ3v) is 25.3. The van der Waals surface area contributed by atoms with Crippen molar-refractivity contribution in [1.29, 1.82) is 0 Å². The second kappa shape index (κ2) is 25.5. The van der Waals surface area contributed by atoms with Gasteiger partial charge in [0, 0.05) is 117 Å². The molecule has 0 bridgehead atoms. The molecular weight excluding hydrogens is 1430 g/mol. The number of thiophene rings is 2. The number of para-hydroxylation sites is 4. The lowest BCUT2D eigenvalue weighted by Crippen LogP contribution is -2.33. The van der Waals surface area contributed by atoms with Gasteiger partial charge in [-0.3, -0.25) is 0 Å². The molecule has 24 rings (SSSR count). The molecule has 2 unspecified atom stereocenters. The zero-order chi connectivity index (χ0) is 74.6. The van der Waals surface area contributed by atoms with Gasteiger partial charge in [0.05, 0.1) is 27.8 Å². The highest BCUT2D eigenvalue weighted by Crippen LogP contribution is 2.46. The quantitative estimate of drug-likeness (QED) is 0.134. The highest BCUT2D eigenvalue weighted by Gasteiger charge is 2.27. The molecule has 0 fully saturated rings. The molecule has 0 amide bonds. The lowest BCUT2D eigenvalue weighted by Gasteiger charge is -2.24. The van der Waals surface area contributed by atoms with Crippen molar-refractivity contribution in [1.82, 2.24) is 19.8 Å². The van der Waals surface area contributed by atoms with Crippen LogP contribution in [0.2, 0.25) is 0 Å². The van der Waals surface area contributed by atoms with Gasteiger partial charge < -0.3 is 28.6 Å². The monoisotopic (exact) mass is 1490 g/mol. The van der Waals surface area contributed by atoms with Crippen molar-refractivity contribution in [3.05, 3.63) is 385 Å². The number of amidine groups is 4. The number of aliphatic imine (C=N–C) groups is 4. The Morgan fingerprint density at radius 2 is 0.684 bits per heavy atom. The van der Waals surface area contributed by atoms with E-state index in [9.17, 15) is 0 Å². The lowest BCUT2D eigenvalue weighted by atomic mass is 10.00. The van der Waals surface area contributed by atoms with Gasteiger partial charge in [-0.05, 0) is 154 Å². The molecule has 0 saturated carbocycles. The Kier molecular flexibility index (Phi) is 14.4. The van der Waals surface area contributed by atoms with Gasteiger partial charge >= 0.3 is 0 Å². The minimum Gasteiger partial charge on any atom is -0.456 e. The summed E-state index contributed by atoms with van der Waals surface area (Å²) in [6.07, 6.45) is -0.707. The van der Waals surface area contributed by atoms with E-state index in [1.165, 1.54) is 67.5 Å². The van der Waals surface area contributed by atoms with E-state index in [-0.39, 0.29) is 6.17 Å². The predicted octanol–water partition coefficient (Wildman–Crippen LogP) is 26.4. The van der Waals surface area contributed by atoms with E-state index in [4.69, 9.17) is 28.8 Å². The third kappa shape index (κ3) is 10.5. The fourth-order valence-corrected chi connectivity index (χ4v) is 19.8. The number of nitrogens with one attached hydrogen (secondary N) is 2. The molecule has 16 aromatic carbocycles. The summed E-state index contributed by atoms with van der Waals surface area (Å²) in [5.41, 5.74) is 22.9. The van der Waals surface area contributed by atoms with Crippen LogP contribution in [-0.2, 0) is 0 Å². The van der Waals surface area contributed by atoms with Gasteiger partial charge in [0.1, 0.15) is 40.8 Å². The third-order valence-electron chi connectivity index (χ3n) is 23.1. The SMILES string of the molecule is c1ccc(C2=NC(c3ccc4sc5cc(-c6ccc7oc8cc(-n9c%10ccccc%10c%10ccccc%109)ccc8c7c6)ccc5c4c3)NC(c3ccc(-c4ccc5c(c4)c4ccccc4n5-c4cccc5c4oc4ccc(-c6ccc7c(c6)sc6ccc(C8N=C(c9ccccc9)N=C(c9ccccc9)N8)cc67)cc45)cc3)=N2)cc1. The Bertz CT molecular complexity index is 7880. The van der Waals surface area contributed by atoms with Gasteiger partial charge in [0.15, 0.2) is 17.3 Å². The van der Waals surface area contributed by atoms with Gasteiger partial charge in [-0.1, -0.05) is 237 Å². The fourth-order valence-electron chi connectivity index (χ4n) is 17.5. The summed E-state index contributed by atoms with van der Waals surface area (Å²) >= 11 is 3.65. The van der Waals surface area contributed by atoms with E-state index in [1.54, 1.807) is 0 Å². The summed E-state index contributed by atoms with van der Waals surface area (Å²) in [6, 6.07) is 126. The first kappa shape index (κ1) is 64.3. The zero-order valence-electron chi connectivity index (χ0n) is 61.0. The molecule has 8 heterocycles. The number of hydrogen-bond donors (Lipinski definition) is 2. The zero-order valence-corrected chi connectivity index (χ0v) is 62.6. The Labute approximate surface area is 660 Å². The lowest BCUT2D eigenvalue weighted by molar-refractivity contribution is 0.666. The fraction of sp³-hybridized carbons (Fsp3) is 0.0196. The maximum Gasteiger partial charge on any atom is 0.159 e. The molecule has 2 N–H and O–H groups in total.